The Hall–Kier alpha value is -2.93. The van der Waals surface area contributed by atoms with Crippen molar-refractivity contribution < 1.29 is 22.7 Å². The lowest BCUT2D eigenvalue weighted by atomic mass is 10.1. The van der Waals surface area contributed by atoms with Crippen LogP contribution in [0.1, 0.15) is 6.42 Å². The van der Waals surface area contributed by atoms with Gasteiger partial charge in [0.2, 0.25) is 0 Å². The number of fused-ring (bicyclic) bond motifs is 1. The van der Waals surface area contributed by atoms with E-state index in [1.54, 1.807) is 18.2 Å². The molecule has 3 rings (SSSR count). The Balaban J connectivity index is 2.08. The van der Waals surface area contributed by atoms with Gasteiger partial charge in [-0.1, -0.05) is 30.3 Å². The molecule has 0 saturated carbocycles. The van der Waals surface area contributed by atoms with Crippen LogP contribution in [0.5, 0.6) is 0 Å². The van der Waals surface area contributed by atoms with Crippen LogP contribution < -0.4 is 4.31 Å². The molecule has 5 nitrogen and oxygen atoms in total. The van der Waals surface area contributed by atoms with Gasteiger partial charge in [0.05, 0.1) is 17.0 Å². The van der Waals surface area contributed by atoms with E-state index in [9.17, 15) is 17.6 Å². The number of carboxylic acids is 1. The molecular formula is C19H16FNO4S. The predicted molar refractivity (Wildman–Crippen MR) is 97.1 cm³/mol. The molecule has 0 atom stereocenters. The average Bonchev–Trinajstić information content (AvgIpc) is 2.61. The fraction of sp³-hybridized carbons (Fsp3) is 0.105. The number of nitrogens with zero attached hydrogens (tertiary/aromatic N) is 1. The molecule has 3 aromatic carbocycles. The normalized spacial score (nSPS) is 11.4. The van der Waals surface area contributed by atoms with Crippen LogP contribution in [0.15, 0.2) is 71.6 Å². The highest BCUT2D eigenvalue weighted by atomic mass is 32.2. The number of carbonyl (C=O) groups is 1. The summed E-state index contributed by atoms with van der Waals surface area (Å²) in [5, 5.41) is 10.8. The minimum Gasteiger partial charge on any atom is -0.481 e. The molecule has 0 amide bonds. The fourth-order valence-electron chi connectivity index (χ4n) is 2.65. The molecule has 7 heteroatoms. The summed E-state index contributed by atoms with van der Waals surface area (Å²) in [6.45, 7) is -0.229. The van der Waals surface area contributed by atoms with Gasteiger partial charge in [-0.2, -0.15) is 0 Å². The van der Waals surface area contributed by atoms with Crippen LogP contribution in [0.4, 0.5) is 10.1 Å². The van der Waals surface area contributed by atoms with Crippen molar-refractivity contribution >= 4 is 32.5 Å². The highest BCUT2D eigenvalue weighted by molar-refractivity contribution is 7.92. The summed E-state index contributed by atoms with van der Waals surface area (Å²) in [5.74, 6) is -1.66. The number of anilines is 1. The first-order chi connectivity index (χ1) is 12.4. The van der Waals surface area contributed by atoms with Crippen LogP contribution in [-0.4, -0.2) is 26.0 Å². The van der Waals surface area contributed by atoms with Crippen molar-refractivity contribution in [1.29, 1.82) is 0 Å². The second-order valence-corrected chi connectivity index (χ2v) is 7.57. The molecule has 0 aliphatic heterocycles. The average molecular weight is 373 g/mol. The van der Waals surface area contributed by atoms with E-state index < -0.39 is 21.8 Å². The molecule has 0 radical (unpaired) electrons. The van der Waals surface area contributed by atoms with Crippen LogP contribution in [0.25, 0.3) is 10.8 Å². The van der Waals surface area contributed by atoms with E-state index in [0.717, 1.165) is 27.2 Å². The first kappa shape index (κ1) is 17.9. The fourth-order valence-corrected chi connectivity index (χ4v) is 4.11. The zero-order valence-corrected chi connectivity index (χ0v) is 14.5. The van der Waals surface area contributed by atoms with E-state index in [2.05, 4.69) is 0 Å². The molecule has 134 valence electrons. The van der Waals surface area contributed by atoms with Gasteiger partial charge >= 0.3 is 5.97 Å². The van der Waals surface area contributed by atoms with Gasteiger partial charge in [0.15, 0.2) is 0 Å². The quantitative estimate of drug-likeness (QED) is 0.716. The van der Waals surface area contributed by atoms with Gasteiger partial charge in [0, 0.05) is 6.54 Å². The van der Waals surface area contributed by atoms with Crippen LogP contribution in [-0.2, 0) is 14.8 Å². The SMILES string of the molecule is O=C(O)CCN(c1ccc2ccccc2c1)S(=O)(=O)c1ccc(F)cc1. The molecule has 0 aliphatic rings. The summed E-state index contributed by atoms with van der Waals surface area (Å²) < 4.78 is 40.2. The summed E-state index contributed by atoms with van der Waals surface area (Å²) in [5.41, 5.74) is 0.356. The zero-order valence-electron chi connectivity index (χ0n) is 13.7. The molecule has 0 heterocycles. The van der Waals surface area contributed by atoms with Crippen molar-refractivity contribution in [1.82, 2.24) is 0 Å². The molecule has 3 aromatic rings. The summed E-state index contributed by atoms with van der Waals surface area (Å²) in [6, 6.07) is 17.0. The molecule has 0 unspecified atom stereocenters. The van der Waals surface area contributed by atoms with Gasteiger partial charge in [0.25, 0.3) is 10.0 Å². The Labute approximate surface area is 150 Å². The van der Waals surface area contributed by atoms with Gasteiger partial charge in [-0.05, 0) is 47.2 Å². The van der Waals surface area contributed by atoms with Crippen LogP contribution >= 0.6 is 0 Å². The summed E-state index contributed by atoms with van der Waals surface area (Å²) in [7, 11) is -4.03. The number of sulfonamides is 1. The van der Waals surface area contributed by atoms with Gasteiger partial charge in [0.1, 0.15) is 5.82 Å². The first-order valence-electron chi connectivity index (χ1n) is 7.87. The number of benzene rings is 3. The Morgan fingerprint density at radius 3 is 2.27 bits per heavy atom. The maximum Gasteiger partial charge on any atom is 0.305 e. The molecule has 0 bridgehead atoms. The van der Waals surface area contributed by atoms with E-state index in [1.165, 1.54) is 12.1 Å². The van der Waals surface area contributed by atoms with Crippen LogP contribution in [0, 0.1) is 5.82 Å². The van der Waals surface area contributed by atoms with Crippen LogP contribution in [0.3, 0.4) is 0 Å². The molecule has 1 N–H and O–H groups in total. The number of hydrogen-bond acceptors (Lipinski definition) is 3. The maximum atomic E-state index is 13.1. The van der Waals surface area contributed by atoms with Crippen molar-refractivity contribution in [2.75, 3.05) is 10.8 Å². The number of carboxylic acid groups (broad SMARTS) is 1. The van der Waals surface area contributed by atoms with Crippen molar-refractivity contribution in [2.24, 2.45) is 0 Å². The monoisotopic (exact) mass is 373 g/mol. The number of rotatable bonds is 6. The summed E-state index contributed by atoms with van der Waals surface area (Å²) >= 11 is 0. The standard InChI is InChI=1S/C19H16FNO4S/c20-16-6-9-18(10-7-16)26(24,25)21(12-11-19(22)23)17-8-5-14-3-1-2-4-15(14)13-17/h1-10,13H,11-12H2,(H,22,23). The highest BCUT2D eigenvalue weighted by Gasteiger charge is 2.25. The van der Waals surface area contributed by atoms with Gasteiger partial charge in [-0.15, -0.1) is 0 Å². The molecule has 0 saturated heterocycles. The van der Waals surface area contributed by atoms with Gasteiger partial charge in [-0.3, -0.25) is 9.10 Å². The predicted octanol–water partition coefficient (Wildman–Crippen LogP) is 3.65. The Morgan fingerprint density at radius 2 is 1.62 bits per heavy atom. The van der Waals surface area contributed by atoms with E-state index in [1.807, 2.05) is 24.3 Å². The van der Waals surface area contributed by atoms with Crippen molar-refractivity contribution in [3.05, 3.63) is 72.5 Å². The third-order valence-corrected chi connectivity index (χ3v) is 5.79. The number of aliphatic carboxylic acids is 1. The van der Waals surface area contributed by atoms with E-state index in [0.29, 0.717) is 5.69 Å². The maximum absolute atomic E-state index is 13.1. The van der Waals surface area contributed by atoms with Crippen molar-refractivity contribution in [3.8, 4) is 0 Å². The lowest BCUT2D eigenvalue weighted by Crippen LogP contribution is -2.33. The Kier molecular flexibility index (Phi) is 4.90. The lowest BCUT2D eigenvalue weighted by Gasteiger charge is -2.24. The van der Waals surface area contributed by atoms with Crippen molar-refractivity contribution in [2.45, 2.75) is 11.3 Å². The second kappa shape index (κ2) is 7.13. The Bertz CT molecular complexity index is 1050. The lowest BCUT2D eigenvalue weighted by molar-refractivity contribution is -0.136. The molecule has 0 spiro atoms. The largest absolute Gasteiger partial charge is 0.481 e. The molecular weight excluding hydrogens is 357 g/mol. The smallest absolute Gasteiger partial charge is 0.305 e. The second-order valence-electron chi connectivity index (χ2n) is 5.71. The Morgan fingerprint density at radius 1 is 0.962 bits per heavy atom. The molecule has 26 heavy (non-hydrogen) atoms. The van der Waals surface area contributed by atoms with E-state index in [-0.39, 0.29) is 17.9 Å². The van der Waals surface area contributed by atoms with Crippen molar-refractivity contribution in [3.63, 3.8) is 0 Å². The van der Waals surface area contributed by atoms with Crippen LogP contribution in [0.2, 0.25) is 0 Å². The minimum atomic E-state index is -4.03. The van der Waals surface area contributed by atoms with E-state index >= 15 is 0 Å². The van der Waals surface area contributed by atoms with Gasteiger partial charge in [-0.25, -0.2) is 12.8 Å². The number of hydrogen-bond donors (Lipinski definition) is 1. The van der Waals surface area contributed by atoms with Gasteiger partial charge < -0.3 is 5.11 Å². The zero-order chi connectivity index (χ0) is 18.7. The highest BCUT2D eigenvalue weighted by Crippen LogP contribution is 2.27. The number of halogens is 1. The topological polar surface area (TPSA) is 74.7 Å². The third-order valence-electron chi connectivity index (χ3n) is 3.95. The third kappa shape index (κ3) is 3.67. The molecule has 0 aromatic heterocycles. The molecule has 0 fully saturated rings. The molecule has 0 aliphatic carbocycles. The first-order valence-corrected chi connectivity index (χ1v) is 9.31. The minimum absolute atomic E-state index is 0.0996. The summed E-state index contributed by atoms with van der Waals surface area (Å²) in [6.07, 6.45) is -0.354. The van der Waals surface area contributed by atoms with E-state index in [4.69, 9.17) is 5.11 Å². The summed E-state index contributed by atoms with van der Waals surface area (Å²) in [4.78, 5) is 10.9.